The van der Waals surface area contributed by atoms with Crippen molar-refractivity contribution in [3.63, 3.8) is 0 Å². The van der Waals surface area contributed by atoms with Gasteiger partial charge in [0.25, 0.3) is 0 Å². The topological polar surface area (TPSA) is 104 Å². The number of amides is 1. The van der Waals surface area contributed by atoms with Gasteiger partial charge in [-0.25, -0.2) is 0 Å². The number of hydrogen-bond acceptors (Lipinski definition) is 4. The lowest BCUT2D eigenvalue weighted by Gasteiger charge is -2.23. The molecule has 1 rings (SSSR count). The predicted molar refractivity (Wildman–Crippen MR) is 55.4 cm³/mol. The lowest BCUT2D eigenvalue weighted by molar-refractivity contribution is -0.151. The molecule has 0 bridgehead atoms. The fraction of sp³-hybridized carbons (Fsp3) is 0.700. The Labute approximate surface area is 98.0 Å². The fourth-order valence-electron chi connectivity index (χ4n) is 1.83. The summed E-state index contributed by atoms with van der Waals surface area (Å²) < 4.78 is 5.20. The number of aliphatic carboxylic acids is 2. The molecule has 1 aliphatic rings. The minimum atomic E-state index is -1.23. The maximum absolute atomic E-state index is 11.9. The first-order chi connectivity index (χ1) is 7.91. The number of carboxylic acid groups (broad SMARTS) is 2. The van der Waals surface area contributed by atoms with E-state index >= 15 is 0 Å². The third kappa shape index (κ3) is 3.70. The number of ether oxygens (including phenoxy) is 1. The number of nitrogens with zero attached hydrogens (tertiary/aromatic N) is 1. The Bertz CT molecular complexity index is 313. The molecule has 2 atom stereocenters. The molecule has 0 aromatic rings. The second-order valence-corrected chi connectivity index (χ2v) is 3.95. The Morgan fingerprint density at radius 2 is 1.76 bits per heavy atom. The molecule has 0 aromatic heterocycles. The van der Waals surface area contributed by atoms with Crippen LogP contribution in [0.1, 0.15) is 13.3 Å². The van der Waals surface area contributed by atoms with Gasteiger partial charge in [-0.2, -0.15) is 0 Å². The van der Waals surface area contributed by atoms with Crippen molar-refractivity contribution in [3.05, 3.63) is 0 Å². The summed E-state index contributed by atoms with van der Waals surface area (Å²) in [6.45, 7) is 0.948. The standard InChI is InChI=1S/C10H15NO6/c1-6-7(2-3-17-6)10(16)11(4-8(12)13)5-9(14)15/h6-7H,2-5H2,1H3,(H,12,13)(H,14,15). The molecule has 0 aliphatic carbocycles. The highest BCUT2D eigenvalue weighted by Crippen LogP contribution is 2.22. The quantitative estimate of drug-likeness (QED) is 0.670. The number of hydrogen-bond donors (Lipinski definition) is 2. The Kier molecular flexibility index (Phi) is 4.45. The van der Waals surface area contributed by atoms with Gasteiger partial charge in [0.1, 0.15) is 13.1 Å². The van der Waals surface area contributed by atoms with Crippen LogP contribution in [0, 0.1) is 5.92 Å². The second kappa shape index (κ2) is 5.62. The monoisotopic (exact) mass is 245 g/mol. The van der Waals surface area contributed by atoms with Crippen LogP contribution in [-0.2, 0) is 19.1 Å². The van der Waals surface area contributed by atoms with Crippen LogP contribution in [0.3, 0.4) is 0 Å². The first-order valence-corrected chi connectivity index (χ1v) is 5.25. The van der Waals surface area contributed by atoms with Crippen LogP contribution < -0.4 is 0 Å². The van der Waals surface area contributed by atoms with E-state index in [9.17, 15) is 14.4 Å². The van der Waals surface area contributed by atoms with Crippen molar-refractivity contribution in [2.75, 3.05) is 19.7 Å². The van der Waals surface area contributed by atoms with E-state index in [1.165, 1.54) is 0 Å². The van der Waals surface area contributed by atoms with Crippen LogP contribution in [0.15, 0.2) is 0 Å². The van der Waals surface area contributed by atoms with E-state index in [4.69, 9.17) is 14.9 Å². The summed E-state index contributed by atoms with van der Waals surface area (Å²) in [5.41, 5.74) is 0. The molecular formula is C10H15NO6. The van der Waals surface area contributed by atoms with E-state index in [1.54, 1.807) is 6.92 Å². The molecule has 7 heteroatoms. The molecule has 7 nitrogen and oxygen atoms in total. The minimum absolute atomic E-state index is 0.299. The zero-order valence-corrected chi connectivity index (χ0v) is 9.46. The van der Waals surface area contributed by atoms with Gasteiger partial charge < -0.3 is 19.8 Å². The lowest BCUT2D eigenvalue weighted by atomic mass is 10.0. The molecule has 0 spiro atoms. The second-order valence-electron chi connectivity index (χ2n) is 3.95. The number of carboxylic acids is 2. The molecule has 96 valence electrons. The summed E-state index contributed by atoms with van der Waals surface area (Å²) in [7, 11) is 0. The van der Waals surface area contributed by atoms with E-state index in [-0.39, 0.29) is 6.10 Å². The molecule has 1 heterocycles. The highest BCUT2D eigenvalue weighted by atomic mass is 16.5. The number of carbonyl (C=O) groups is 3. The summed E-state index contributed by atoms with van der Waals surface area (Å²) in [6.07, 6.45) is 0.197. The molecule has 1 aliphatic heterocycles. The summed E-state index contributed by atoms with van der Waals surface area (Å²) in [4.78, 5) is 33.9. The Morgan fingerprint density at radius 3 is 2.12 bits per heavy atom. The first kappa shape index (κ1) is 13.4. The fourth-order valence-corrected chi connectivity index (χ4v) is 1.83. The highest BCUT2D eigenvalue weighted by molar-refractivity contribution is 5.86. The van der Waals surface area contributed by atoms with Gasteiger partial charge in [0.05, 0.1) is 12.0 Å². The van der Waals surface area contributed by atoms with Crippen LogP contribution in [0.5, 0.6) is 0 Å². The van der Waals surface area contributed by atoms with Crippen molar-refractivity contribution < 1.29 is 29.3 Å². The Hall–Kier alpha value is -1.63. The molecule has 0 saturated carbocycles. The molecule has 2 unspecified atom stereocenters. The maximum Gasteiger partial charge on any atom is 0.323 e. The van der Waals surface area contributed by atoms with E-state index in [2.05, 4.69) is 0 Å². The van der Waals surface area contributed by atoms with Gasteiger partial charge in [0.15, 0.2) is 0 Å². The van der Waals surface area contributed by atoms with Crippen molar-refractivity contribution >= 4 is 17.8 Å². The third-order valence-corrected chi connectivity index (χ3v) is 2.66. The van der Waals surface area contributed by atoms with Crippen molar-refractivity contribution in [2.24, 2.45) is 5.92 Å². The highest BCUT2D eigenvalue weighted by Gasteiger charge is 2.35. The molecular weight excluding hydrogens is 230 g/mol. The molecule has 1 amide bonds. The van der Waals surface area contributed by atoms with Crippen molar-refractivity contribution in [3.8, 4) is 0 Å². The summed E-state index contributed by atoms with van der Waals surface area (Å²) in [5.74, 6) is -3.38. The Balaban J connectivity index is 2.70. The third-order valence-electron chi connectivity index (χ3n) is 2.66. The van der Waals surface area contributed by atoms with E-state index < -0.39 is 36.9 Å². The van der Waals surface area contributed by atoms with Crippen LogP contribution in [0.25, 0.3) is 0 Å². The van der Waals surface area contributed by atoms with Crippen molar-refractivity contribution in [2.45, 2.75) is 19.4 Å². The van der Waals surface area contributed by atoms with Gasteiger partial charge in [-0.05, 0) is 13.3 Å². The summed E-state index contributed by atoms with van der Waals surface area (Å²) >= 11 is 0. The van der Waals surface area contributed by atoms with Gasteiger partial charge in [0.2, 0.25) is 5.91 Å². The summed E-state index contributed by atoms with van der Waals surface area (Å²) in [6, 6.07) is 0. The molecule has 2 N–H and O–H groups in total. The smallest absolute Gasteiger partial charge is 0.323 e. The van der Waals surface area contributed by atoms with E-state index in [0.717, 1.165) is 4.90 Å². The zero-order chi connectivity index (χ0) is 13.0. The van der Waals surface area contributed by atoms with Gasteiger partial charge in [-0.15, -0.1) is 0 Å². The molecule has 1 fully saturated rings. The predicted octanol–water partition coefficient (Wildman–Crippen LogP) is -0.591. The van der Waals surface area contributed by atoms with Crippen LogP contribution in [-0.4, -0.2) is 58.8 Å². The molecule has 0 aromatic carbocycles. The van der Waals surface area contributed by atoms with Crippen LogP contribution in [0.4, 0.5) is 0 Å². The van der Waals surface area contributed by atoms with Gasteiger partial charge >= 0.3 is 11.9 Å². The number of carbonyl (C=O) groups excluding carboxylic acids is 1. The van der Waals surface area contributed by atoms with Gasteiger partial charge in [-0.1, -0.05) is 0 Å². The molecule has 0 radical (unpaired) electrons. The minimum Gasteiger partial charge on any atom is -0.480 e. The number of rotatable bonds is 5. The normalized spacial score (nSPS) is 23.4. The van der Waals surface area contributed by atoms with Gasteiger partial charge in [0, 0.05) is 6.61 Å². The van der Waals surface area contributed by atoms with Gasteiger partial charge in [-0.3, -0.25) is 14.4 Å². The summed E-state index contributed by atoms with van der Waals surface area (Å²) in [5, 5.41) is 17.3. The van der Waals surface area contributed by atoms with Crippen molar-refractivity contribution in [1.29, 1.82) is 0 Å². The zero-order valence-electron chi connectivity index (χ0n) is 9.46. The largest absolute Gasteiger partial charge is 0.480 e. The van der Waals surface area contributed by atoms with E-state index in [1.807, 2.05) is 0 Å². The van der Waals surface area contributed by atoms with Crippen LogP contribution in [0.2, 0.25) is 0 Å². The van der Waals surface area contributed by atoms with E-state index in [0.29, 0.717) is 13.0 Å². The average Bonchev–Trinajstić information content (AvgIpc) is 2.61. The molecule has 1 saturated heterocycles. The maximum atomic E-state index is 11.9. The SMILES string of the molecule is CC1OCCC1C(=O)N(CC(=O)O)CC(=O)O. The van der Waals surface area contributed by atoms with Crippen LogP contribution >= 0.6 is 0 Å². The Morgan fingerprint density at radius 1 is 1.24 bits per heavy atom. The lowest BCUT2D eigenvalue weighted by Crippen LogP contribution is -2.44. The van der Waals surface area contributed by atoms with Crippen molar-refractivity contribution in [1.82, 2.24) is 4.90 Å². The first-order valence-electron chi connectivity index (χ1n) is 5.25. The average molecular weight is 245 g/mol. The molecule has 17 heavy (non-hydrogen) atoms.